The van der Waals surface area contributed by atoms with Crippen molar-refractivity contribution in [2.75, 3.05) is 0 Å². The average molecular weight is 182 g/mol. The third kappa shape index (κ3) is 0.754. The molecule has 0 spiro atoms. The lowest BCUT2D eigenvalue weighted by Crippen LogP contribution is -1.98. The van der Waals surface area contributed by atoms with Gasteiger partial charge in [0.2, 0.25) is 0 Å². The Morgan fingerprint density at radius 3 is 1.83 bits per heavy atom. The van der Waals surface area contributed by atoms with Crippen LogP contribution in [0.5, 0.6) is 0 Å². The van der Waals surface area contributed by atoms with Crippen molar-refractivity contribution in [3.05, 3.63) is 20.9 Å². The molecule has 2 heterocycles. The van der Waals surface area contributed by atoms with Gasteiger partial charge in [-0.05, 0) is 13.8 Å². The quantitative estimate of drug-likeness (QED) is 0.453. The van der Waals surface area contributed by atoms with E-state index in [4.69, 9.17) is 0 Å². The van der Waals surface area contributed by atoms with Crippen LogP contribution in [0, 0.1) is 13.8 Å². The monoisotopic (exact) mass is 182 g/mol. The van der Waals surface area contributed by atoms with Crippen molar-refractivity contribution < 1.29 is 14.3 Å². The largest absolute Gasteiger partial charge is 0.386 e. The highest BCUT2D eigenvalue weighted by Gasteiger charge is 2.34. The molecule has 1 aromatic rings. The molecule has 1 aromatic heterocycles. The molecule has 12 heavy (non-hydrogen) atoms. The molecule has 3 nitrogen and oxygen atoms in total. The molecular weight excluding hydrogens is 176 g/mol. The van der Waals surface area contributed by atoms with Crippen molar-refractivity contribution in [2.45, 2.75) is 13.8 Å². The lowest BCUT2D eigenvalue weighted by Gasteiger charge is -1.88. The Morgan fingerprint density at radius 1 is 1.00 bits per heavy atom. The molecule has 0 radical (unpaired) electrons. The van der Waals surface area contributed by atoms with Crippen molar-refractivity contribution in [2.24, 2.45) is 0 Å². The molecule has 0 N–H and O–H groups in total. The number of rotatable bonds is 0. The van der Waals surface area contributed by atoms with E-state index < -0.39 is 11.9 Å². The van der Waals surface area contributed by atoms with Gasteiger partial charge in [0.25, 0.3) is 0 Å². The Balaban J connectivity index is 2.78. The summed E-state index contributed by atoms with van der Waals surface area (Å²) in [5.41, 5.74) is 0.921. The van der Waals surface area contributed by atoms with Crippen molar-refractivity contribution in [1.82, 2.24) is 0 Å². The molecule has 0 unspecified atom stereocenters. The van der Waals surface area contributed by atoms with Gasteiger partial charge < -0.3 is 4.74 Å². The number of thiophene rings is 1. The van der Waals surface area contributed by atoms with E-state index in [9.17, 15) is 9.59 Å². The first-order chi connectivity index (χ1) is 5.61. The fourth-order valence-corrected chi connectivity index (χ4v) is 2.40. The predicted octanol–water partition coefficient (Wildman–Crippen LogP) is 1.68. The van der Waals surface area contributed by atoms with Gasteiger partial charge in [0.1, 0.15) is 0 Å². The summed E-state index contributed by atoms with van der Waals surface area (Å²) in [5.74, 6) is -1.01. The number of hydrogen-bond acceptors (Lipinski definition) is 4. The van der Waals surface area contributed by atoms with Crippen molar-refractivity contribution >= 4 is 23.3 Å². The Labute approximate surface area is 73.0 Å². The van der Waals surface area contributed by atoms with Gasteiger partial charge in [0, 0.05) is 9.75 Å². The summed E-state index contributed by atoms with van der Waals surface area (Å²) in [7, 11) is 0. The fourth-order valence-electron chi connectivity index (χ4n) is 1.36. The van der Waals surface area contributed by atoms with E-state index in [0.29, 0.717) is 11.1 Å². The van der Waals surface area contributed by atoms with Gasteiger partial charge in [-0.25, -0.2) is 9.59 Å². The standard InChI is InChI=1S/C8H6O3S/c1-3-5-6(4(2)12-3)8(10)11-7(5)9/h1-2H3. The summed E-state index contributed by atoms with van der Waals surface area (Å²) >= 11 is 1.46. The van der Waals surface area contributed by atoms with Gasteiger partial charge in [0.05, 0.1) is 11.1 Å². The number of cyclic esters (lactones) is 2. The van der Waals surface area contributed by atoms with Crippen molar-refractivity contribution in [3.8, 4) is 0 Å². The lowest BCUT2D eigenvalue weighted by atomic mass is 10.1. The first-order valence-corrected chi connectivity index (χ1v) is 4.29. The van der Waals surface area contributed by atoms with Gasteiger partial charge in [-0.2, -0.15) is 0 Å². The van der Waals surface area contributed by atoms with Gasteiger partial charge in [-0.1, -0.05) is 0 Å². The molecule has 2 rings (SSSR count). The van der Waals surface area contributed by atoms with E-state index >= 15 is 0 Å². The molecule has 0 atom stereocenters. The Kier molecular flexibility index (Phi) is 1.35. The number of fused-ring (bicyclic) bond motifs is 1. The summed E-state index contributed by atoms with van der Waals surface area (Å²) in [6, 6.07) is 0. The van der Waals surface area contributed by atoms with Crippen LogP contribution in [-0.4, -0.2) is 11.9 Å². The van der Waals surface area contributed by atoms with E-state index in [2.05, 4.69) is 4.74 Å². The maximum absolute atomic E-state index is 11.1. The zero-order valence-electron chi connectivity index (χ0n) is 6.63. The van der Waals surface area contributed by atoms with Crippen LogP contribution in [0.4, 0.5) is 0 Å². The Hall–Kier alpha value is -1.16. The minimum absolute atomic E-state index is 0.461. The van der Waals surface area contributed by atoms with Crippen LogP contribution < -0.4 is 0 Å². The normalized spacial score (nSPS) is 14.8. The van der Waals surface area contributed by atoms with Crippen LogP contribution in [0.15, 0.2) is 0 Å². The molecule has 0 aromatic carbocycles. The number of carbonyl (C=O) groups excluding carboxylic acids is 2. The molecule has 0 fully saturated rings. The first-order valence-electron chi connectivity index (χ1n) is 3.47. The summed E-state index contributed by atoms with van der Waals surface area (Å²) in [6.07, 6.45) is 0. The van der Waals surface area contributed by atoms with E-state index in [1.54, 1.807) is 0 Å². The molecule has 0 saturated carbocycles. The second kappa shape index (κ2) is 2.17. The van der Waals surface area contributed by atoms with Crippen molar-refractivity contribution in [3.63, 3.8) is 0 Å². The fraction of sp³-hybridized carbons (Fsp3) is 0.250. The molecule has 0 amide bonds. The maximum Gasteiger partial charge on any atom is 0.348 e. The minimum Gasteiger partial charge on any atom is -0.386 e. The zero-order chi connectivity index (χ0) is 8.88. The molecular formula is C8H6O3S. The number of hydrogen-bond donors (Lipinski definition) is 0. The number of aryl methyl sites for hydroxylation is 2. The van der Waals surface area contributed by atoms with E-state index in [1.165, 1.54) is 11.3 Å². The highest BCUT2D eigenvalue weighted by molar-refractivity contribution is 7.12. The van der Waals surface area contributed by atoms with Crippen molar-refractivity contribution in [1.29, 1.82) is 0 Å². The smallest absolute Gasteiger partial charge is 0.348 e. The lowest BCUT2D eigenvalue weighted by molar-refractivity contribution is 0.0443. The molecule has 1 aliphatic heterocycles. The molecule has 4 heteroatoms. The second-order valence-corrected chi connectivity index (χ2v) is 4.07. The zero-order valence-corrected chi connectivity index (χ0v) is 7.45. The van der Waals surface area contributed by atoms with Crippen LogP contribution in [0.2, 0.25) is 0 Å². The highest BCUT2D eigenvalue weighted by Crippen LogP contribution is 2.32. The number of ether oxygens (including phenoxy) is 1. The first kappa shape index (κ1) is 7.49. The Bertz CT molecular complexity index is 355. The van der Waals surface area contributed by atoms with Crippen LogP contribution in [0.1, 0.15) is 30.5 Å². The number of carbonyl (C=O) groups is 2. The summed E-state index contributed by atoms with van der Waals surface area (Å²) in [4.78, 5) is 23.9. The van der Waals surface area contributed by atoms with Gasteiger partial charge in [-0.15, -0.1) is 11.3 Å². The second-order valence-electron chi connectivity index (χ2n) is 2.64. The molecule has 62 valence electrons. The van der Waals surface area contributed by atoms with Gasteiger partial charge in [0.15, 0.2) is 0 Å². The van der Waals surface area contributed by atoms with E-state index in [1.807, 2.05) is 13.8 Å². The summed E-state index contributed by atoms with van der Waals surface area (Å²) < 4.78 is 4.46. The highest BCUT2D eigenvalue weighted by atomic mass is 32.1. The van der Waals surface area contributed by atoms with Crippen LogP contribution in [0.3, 0.4) is 0 Å². The van der Waals surface area contributed by atoms with Crippen LogP contribution >= 0.6 is 11.3 Å². The summed E-state index contributed by atoms with van der Waals surface area (Å²) in [5, 5.41) is 0. The van der Waals surface area contributed by atoms with Crippen LogP contribution in [0.25, 0.3) is 0 Å². The Morgan fingerprint density at radius 2 is 1.42 bits per heavy atom. The SMILES string of the molecule is Cc1sc(C)c2c1C(=O)OC2=O. The molecule has 1 aliphatic rings. The number of esters is 2. The molecule has 0 saturated heterocycles. The minimum atomic E-state index is -0.503. The third-order valence-electron chi connectivity index (χ3n) is 1.85. The van der Waals surface area contributed by atoms with E-state index in [0.717, 1.165) is 9.75 Å². The van der Waals surface area contributed by atoms with Crippen LogP contribution in [-0.2, 0) is 4.74 Å². The predicted molar refractivity (Wildman–Crippen MR) is 43.5 cm³/mol. The third-order valence-corrected chi connectivity index (χ3v) is 2.87. The summed E-state index contributed by atoms with van der Waals surface area (Å²) in [6.45, 7) is 3.63. The maximum atomic E-state index is 11.1. The molecule has 0 aliphatic carbocycles. The van der Waals surface area contributed by atoms with Gasteiger partial charge in [-0.3, -0.25) is 0 Å². The van der Waals surface area contributed by atoms with E-state index in [-0.39, 0.29) is 0 Å². The average Bonchev–Trinajstić information content (AvgIpc) is 2.38. The topological polar surface area (TPSA) is 43.4 Å². The van der Waals surface area contributed by atoms with Gasteiger partial charge >= 0.3 is 11.9 Å². The molecule has 0 bridgehead atoms.